The standard InChI is InChI=1S/C22H19ClF4N6O/c1-3-11-6-12(23)9-29-19(11)20(34)30-13-4-5-15(24)14(7-13)21(2)17-8-16(22(25,26)27)32-33(17)10-18(28)31-21/h4-9H,3,10H2,1-2H3,(H2,28,31)(H,30,34). The molecule has 1 aliphatic heterocycles. The van der Waals surface area contributed by atoms with Gasteiger partial charge in [0, 0.05) is 17.4 Å². The first-order valence-corrected chi connectivity index (χ1v) is 10.6. The summed E-state index contributed by atoms with van der Waals surface area (Å²) in [7, 11) is 0. The van der Waals surface area contributed by atoms with E-state index in [0.29, 0.717) is 17.0 Å². The Kier molecular flexibility index (Phi) is 5.84. The highest BCUT2D eigenvalue weighted by Crippen LogP contribution is 2.41. The van der Waals surface area contributed by atoms with E-state index in [4.69, 9.17) is 17.3 Å². The highest BCUT2D eigenvalue weighted by Gasteiger charge is 2.42. The van der Waals surface area contributed by atoms with Crippen LogP contribution in [-0.4, -0.2) is 26.5 Å². The molecule has 1 amide bonds. The molecule has 0 saturated carbocycles. The Balaban J connectivity index is 1.75. The molecule has 34 heavy (non-hydrogen) atoms. The van der Waals surface area contributed by atoms with Crippen LogP contribution in [-0.2, 0) is 24.7 Å². The minimum Gasteiger partial charge on any atom is -0.386 e. The predicted octanol–water partition coefficient (Wildman–Crippen LogP) is 4.54. The van der Waals surface area contributed by atoms with E-state index in [0.717, 1.165) is 16.8 Å². The molecule has 7 nitrogen and oxygen atoms in total. The number of rotatable bonds is 4. The number of benzene rings is 1. The second-order valence-corrected chi connectivity index (χ2v) is 8.35. The zero-order valence-electron chi connectivity index (χ0n) is 18.0. The number of carbonyl (C=O) groups is 1. The Bertz CT molecular complexity index is 1320. The zero-order chi connectivity index (χ0) is 24.8. The lowest BCUT2D eigenvalue weighted by Crippen LogP contribution is -2.37. The molecule has 0 fully saturated rings. The predicted molar refractivity (Wildman–Crippen MR) is 118 cm³/mol. The minimum absolute atomic E-state index is 0.0152. The number of nitrogens with zero attached hydrogens (tertiary/aromatic N) is 4. The third-order valence-corrected chi connectivity index (χ3v) is 5.73. The lowest BCUT2D eigenvalue weighted by Gasteiger charge is -2.31. The summed E-state index contributed by atoms with van der Waals surface area (Å²) in [5, 5.41) is 6.61. The van der Waals surface area contributed by atoms with Gasteiger partial charge in [-0.2, -0.15) is 18.3 Å². The smallest absolute Gasteiger partial charge is 0.386 e. The monoisotopic (exact) mass is 494 g/mol. The van der Waals surface area contributed by atoms with Gasteiger partial charge in [0.1, 0.15) is 22.9 Å². The fourth-order valence-electron chi connectivity index (χ4n) is 3.92. The fraction of sp³-hybridized carbons (Fsp3) is 0.273. The molecular formula is C22H19ClF4N6O. The molecule has 0 radical (unpaired) electrons. The van der Waals surface area contributed by atoms with E-state index in [2.05, 4.69) is 20.4 Å². The number of alkyl halides is 3. The number of amidine groups is 1. The lowest BCUT2D eigenvalue weighted by molar-refractivity contribution is -0.141. The van der Waals surface area contributed by atoms with Crippen molar-refractivity contribution in [1.82, 2.24) is 14.8 Å². The number of aromatic nitrogens is 3. The molecule has 1 aromatic carbocycles. The third-order valence-electron chi connectivity index (χ3n) is 5.53. The van der Waals surface area contributed by atoms with E-state index >= 15 is 0 Å². The maximum atomic E-state index is 15.0. The summed E-state index contributed by atoms with van der Waals surface area (Å²) < 4.78 is 55.9. The maximum absolute atomic E-state index is 15.0. The Hall–Kier alpha value is -3.47. The van der Waals surface area contributed by atoms with Gasteiger partial charge in [0.25, 0.3) is 5.91 Å². The second-order valence-electron chi connectivity index (χ2n) is 7.91. The van der Waals surface area contributed by atoms with E-state index in [9.17, 15) is 22.4 Å². The van der Waals surface area contributed by atoms with E-state index in [-0.39, 0.29) is 35.0 Å². The molecule has 0 saturated heterocycles. The molecule has 0 bridgehead atoms. The third kappa shape index (κ3) is 4.23. The number of hydrogen-bond acceptors (Lipinski definition) is 5. The topological polar surface area (TPSA) is 98.2 Å². The van der Waals surface area contributed by atoms with Crippen LogP contribution >= 0.6 is 11.6 Å². The molecule has 3 heterocycles. The molecule has 0 spiro atoms. The lowest BCUT2D eigenvalue weighted by atomic mass is 9.87. The van der Waals surface area contributed by atoms with Gasteiger partial charge in [-0.25, -0.2) is 9.37 Å². The maximum Gasteiger partial charge on any atom is 0.435 e. The average molecular weight is 495 g/mol. The van der Waals surface area contributed by atoms with Gasteiger partial charge in [0.15, 0.2) is 5.69 Å². The van der Waals surface area contributed by atoms with Crippen LogP contribution in [0.2, 0.25) is 5.02 Å². The van der Waals surface area contributed by atoms with Gasteiger partial charge in [-0.05, 0) is 49.2 Å². The second kappa shape index (κ2) is 8.39. The van der Waals surface area contributed by atoms with Gasteiger partial charge in [-0.3, -0.25) is 14.5 Å². The summed E-state index contributed by atoms with van der Waals surface area (Å²) in [6.07, 6.45) is -2.86. The van der Waals surface area contributed by atoms with E-state index in [1.807, 2.05) is 6.92 Å². The minimum atomic E-state index is -4.70. The van der Waals surface area contributed by atoms with Crippen molar-refractivity contribution < 1.29 is 22.4 Å². The molecule has 4 rings (SSSR count). The van der Waals surface area contributed by atoms with Crippen LogP contribution in [0.3, 0.4) is 0 Å². The van der Waals surface area contributed by atoms with Crippen molar-refractivity contribution in [2.45, 2.75) is 38.5 Å². The Morgan fingerprint density at radius 1 is 1.29 bits per heavy atom. The summed E-state index contributed by atoms with van der Waals surface area (Å²) in [6.45, 7) is 3.11. The largest absolute Gasteiger partial charge is 0.435 e. The van der Waals surface area contributed by atoms with Crippen LogP contribution in [0.15, 0.2) is 41.5 Å². The first kappa shape index (κ1) is 23.7. The van der Waals surface area contributed by atoms with Crippen LogP contribution in [0.1, 0.15) is 46.9 Å². The van der Waals surface area contributed by atoms with Crippen LogP contribution in [0.5, 0.6) is 0 Å². The molecule has 1 atom stereocenters. The quantitative estimate of drug-likeness (QED) is 0.520. The molecule has 3 N–H and O–H groups in total. The van der Waals surface area contributed by atoms with Crippen molar-refractivity contribution in [3.05, 3.63) is 75.6 Å². The highest BCUT2D eigenvalue weighted by molar-refractivity contribution is 6.30. The SMILES string of the molecule is CCc1cc(Cl)cnc1C(=O)Nc1ccc(F)c(C2(C)N=C(N)Cn3nc(C(F)(F)F)cc32)c1. The van der Waals surface area contributed by atoms with E-state index in [1.165, 1.54) is 25.3 Å². The summed E-state index contributed by atoms with van der Waals surface area (Å²) in [5.41, 5.74) is 4.02. The molecule has 178 valence electrons. The average Bonchev–Trinajstić information content (AvgIpc) is 3.20. The number of fused-ring (bicyclic) bond motifs is 1. The Morgan fingerprint density at radius 3 is 2.71 bits per heavy atom. The van der Waals surface area contributed by atoms with Gasteiger partial charge in [-0.1, -0.05) is 18.5 Å². The number of amides is 1. The molecule has 12 heteroatoms. The van der Waals surface area contributed by atoms with Crippen molar-refractivity contribution in [2.24, 2.45) is 10.7 Å². The van der Waals surface area contributed by atoms with Gasteiger partial charge < -0.3 is 11.1 Å². The zero-order valence-corrected chi connectivity index (χ0v) is 18.8. The van der Waals surface area contributed by atoms with E-state index < -0.39 is 29.1 Å². The first-order chi connectivity index (χ1) is 15.9. The molecule has 2 aromatic heterocycles. The summed E-state index contributed by atoms with van der Waals surface area (Å²) in [5.74, 6) is -1.30. The molecule has 0 aliphatic carbocycles. The van der Waals surface area contributed by atoms with Crippen molar-refractivity contribution in [2.75, 3.05) is 5.32 Å². The number of aryl methyl sites for hydroxylation is 1. The van der Waals surface area contributed by atoms with Crippen molar-refractivity contribution in [3.8, 4) is 0 Å². The molecular weight excluding hydrogens is 476 g/mol. The molecule has 1 unspecified atom stereocenters. The number of aliphatic imine (C=N–C) groups is 1. The molecule has 3 aromatic rings. The number of hydrogen-bond donors (Lipinski definition) is 2. The van der Waals surface area contributed by atoms with Crippen molar-refractivity contribution in [3.63, 3.8) is 0 Å². The van der Waals surface area contributed by atoms with Crippen molar-refractivity contribution >= 4 is 29.0 Å². The van der Waals surface area contributed by atoms with Crippen molar-refractivity contribution in [1.29, 1.82) is 0 Å². The van der Waals surface area contributed by atoms with Crippen LogP contribution in [0.25, 0.3) is 0 Å². The Morgan fingerprint density at radius 2 is 2.03 bits per heavy atom. The first-order valence-electron chi connectivity index (χ1n) is 10.2. The van der Waals surface area contributed by atoms with Crippen LogP contribution in [0.4, 0.5) is 23.2 Å². The number of nitrogens with one attached hydrogen (secondary N) is 1. The van der Waals surface area contributed by atoms with Crippen LogP contribution in [0, 0.1) is 5.82 Å². The number of halogens is 5. The number of anilines is 1. The number of carbonyl (C=O) groups excluding carboxylic acids is 1. The van der Waals surface area contributed by atoms with Gasteiger partial charge in [-0.15, -0.1) is 0 Å². The van der Waals surface area contributed by atoms with E-state index in [1.54, 1.807) is 6.07 Å². The number of pyridine rings is 1. The van der Waals surface area contributed by atoms with Gasteiger partial charge >= 0.3 is 6.18 Å². The summed E-state index contributed by atoms with van der Waals surface area (Å²) in [4.78, 5) is 21.2. The van der Waals surface area contributed by atoms with Gasteiger partial charge in [0.05, 0.1) is 17.3 Å². The summed E-state index contributed by atoms with van der Waals surface area (Å²) in [6, 6.07) is 6.18. The fourth-order valence-corrected chi connectivity index (χ4v) is 4.10. The number of nitrogens with two attached hydrogens (primary N) is 1. The molecule has 1 aliphatic rings. The highest BCUT2D eigenvalue weighted by atomic mass is 35.5. The summed E-state index contributed by atoms with van der Waals surface area (Å²) >= 11 is 5.95. The van der Waals surface area contributed by atoms with Crippen LogP contribution < -0.4 is 11.1 Å². The Labute approximate surface area is 196 Å². The normalized spacial score (nSPS) is 17.8. The van der Waals surface area contributed by atoms with Gasteiger partial charge in [0.2, 0.25) is 0 Å².